The van der Waals surface area contributed by atoms with Crippen molar-refractivity contribution in [2.75, 3.05) is 11.9 Å². The highest BCUT2D eigenvalue weighted by molar-refractivity contribution is 7.13. The summed E-state index contributed by atoms with van der Waals surface area (Å²) in [5, 5.41) is 5.98. The maximum absolute atomic E-state index is 11.9. The number of anilines is 2. The first-order valence-corrected chi connectivity index (χ1v) is 7.72. The third kappa shape index (κ3) is 2.95. The Morgan fingerprint density at radius 3 is 3.19 bits per heavy atom. The summed E-state index contributed by atoms with van der Waals surface area (Å²) in [5.74, 6) is 0.744. The number of hydrogen-bond acceptors (Lipinski definition) is 5. The highest BCUT2D eigenvalue weighted by Gasteiger charge is 2.30. The first kappa shape index (κ1) is 13.8. The first-order chi connectivity index (χ1) is 10.3. The lowest BCUT2D eigenvalue weighted by Crippen LogP contribution is -2.28. The number of likely N-dealkylation sites (tertiary alicyclic amines) is 1. The van der Waals surface area contributed by atoms with Crippen molar-refractivity contribution in [3.8, 4) is 0 Å². The highest BCUT2D eigenvalue weighted by Crippen LogP contribution is 2.34. The van der Waals surface area contributed by atoms with Crippen LogP contribution in [0.1, 0.15) is 24.6 Å². The summed E-state index contributed by atoms with van der Waals surface area (Å²) in [5.41, 5.74) is 0.936. The minimum Gasteiger partial charge on any atom is -0.331 e. The molecule has 0 aliphatic carbocycles. The van der Waals surface area contributed by atoms with Gasteiger partial charge in [0.25, 0.3) is 0 Å². The molecule has 1 amide bonds. The molecule has 21 heavy (non-hydrogen) atoms. The van der Waals surface area contributed by atoms with Crippen molar-refractivity contribution in [1.82, 2.24) is 14.9 Å². The molecule has 0 radical (unpaired) electrons. The van der Waals surface area contributed by atoms with Crippen LogP contribution in [0.5, 0.6) is 0 Å². The number of nitrogens with zero attached hydrogens (tertiary/aromatic N) is 3. The molecule has 1 saturated heterocycles. The van der Waals surface area contributed by atoms with E-state index in [2.05, 4.69) is 21.9 Å². The van der Waals surface area contributed by atoms with E-state index in [-0.39, 0.29) is 11.9 Å². The fraction of sp³-hybridized carbons (Fsp3) is 0.267. The molecule has 5 nitrogen and oxygen atoms in total. The van der Waals surface area contributed by atoms with Gasteiger partial charge in [-0.3, -0.25) is 4.79 Å². The number of pyridine rings is 1. The molecule has 3 heterocycles. The van der Waals surface area contributed by atoms with Crippen LogP contribution in [0.3, 0.4) is 0 Å². The van der Waals surface area contributed by atoms with Crippen LogP contribution in [0.25, 0.3) is 0 Å². The minimum atomic E-state index is -0.0234. The number of nitrogens with one attached hydrogen (secondary N) is 1. The monoisotopic (exact) mass is 300 g/mol. The van der Waals surface area contributed by atoms with E-state index in [9.17, 15) is 4.79 Å². The van der Waals surface area contributed by atoms with Crippen molar-refractivity contribution in [2.24, 2.45) is 0 Å². The van der Waals surface area contributed by atoms with Crippen molar-refractivity contribution < 1.29 is 4.79 Å². The molecule has 1 aliphatic heterocycles. The largest absolute Gasteiger partial charge is 0.331 e. The Morgan fingerprint density at radius 2 is 2.43 bits per heavy atom. The van der Waals surface area contributed by atoms with Crippen molar-refractivity contribution >= 4 is 28.2 Å². The predicted octanol–water partition coefficient (Wildman–Crippen LogP) is 3.13. The fourth-order valence-corrected chi connectivity index (χ4v) is 3.26. The molecule has 2 aromatic rings. The van der Waals surface area contributed by atoms with Crippen LogP contribution < -0.4 is 5.32 Å². The Bertz CT molecular complexity index is 640. The van der Waals surface area contributed by atoms with Crippen LogP contribution in [0.2, 0.25) is 0 Å². The van der Waals surface area contributed by atoms with Gasteiger partial charge in [-0.05, 0) is 31.1 Å². The summed E-state index contributed by atoms with van der Waals surface area (Å²) >= 11 is 1.53. The molecule has 0 unspecified atom stereocenters. The van der Waals surface area contributed by atoms with Crippen molar-refractivity contribution in [3.63, 3.8) is 0 Å². The number of hydrogen-bond donors (Lipinski definition) is 1. The molecule has 1 fully saturated rings. The van der Waals surface area contributed by atoms with Crippen LogP contribution in [-0.4, -0.2) is 27.3 Å². The Labute approximate surface area is 127 Å². The zero-order valence-corrected chi connectivity index (χ0v) is 12.3. The van der Waals surface area contributed by atoms with Gasteiger partial charge in [-0.2, -0.15) is 0 Å². The summed E-state index contributed by atoms with van der Waals surface area (Å²) in [6, 6.07) is 5.75. The Kier molecular flexibility index (Phi) is 3.96. The van der Waals surface area contributed by atoms with Crippen LogP contribution >= 0.6 is 11.3 Å². The van der Waals surface area contributed by atoms with Crippen molar-refractivity contribution in [1.29, 1.82) is 0 Å². The smallest absolute Gasteiger partial charge is 0.246 e. The molecular formula is C15H16N4OS. The van der Waals surface area contributed by atoms with Gasteiger partial charge in [0, 0.05) is 18.1 Å². The maximum atomic E-state index is 11.9. The number of rotatable bonds is 4. The molecule has 1 aliphatic rings. The number of amides is 1. The molecule has 3 rings (SSSR count). The van der Waals surface area contributed by atoms with Gasteiger partial charge in [-0.1, -0.05) is 12.6 Å². The maximum Gasteiger partial charge on any atom is 0.246 e. The average molecular weight is 300 g/mol. The van der Waals surface area contributed by atoms with E-state index in [0.29, 0.717) is 0 Å². The van der Waals surface area contributed by atoms with E-state index in [1.165, 1.54) is 17.4 Å². The van der Waals surface area contributed by atoms with Gasteiger partial charge < -0.3 is 10.2 Å². The van der Waals surface area contributed by atoms with Crippen molar-refractivity contribution in [3.05, 3.63) is 48.1 Å². The Hall–Kier alpha value is -2.21. The van der Waals surface area contributed by atoms with Crippen LogP contribution in [-0.2, 0) is 4.79 Å². The third-order valence-corrected chi connectivity index (χ3v) is 4.25. The number of carbonyl (C=O) groups excluding carboxylic acids is 1. The standard InChI is InChI=1S/C15H16N4OS/c1-2-14(20)19-9-5-6-12(19)11-10-21-15(17-11)18-13-7-3-4-8-16-13/h2-4,7-8,10,12H,1,5-6,9H2,(H,16,17,18)/t12-/m1/s1. The van der Waals surface area contributed by atoms with E-state index in [4.69, 9.17) is 0 Å². The first-order valence-electron chi connectivity index (χ1n) is 6.84. The molecule has 0 saturated carbocycles. The van der Waals surface area contributed by atoms with E-state index in [0.717, 1.165) is 36.0 Å². The molecule has 108 valence electrons. The number of thiazole rings is 1. The fourth-order valence-electron chi connectivity index (χ4n) is 2.50. The van der Waals surface area contributed by atoms with Gasteiger partial charge in [0.1, 0.15) is 5.82 Å². The number of carbonyl (C=O) groups is 1. The van der Waals surface area contributed by atoms with Gasteiger partial charge in [-0.25, -0.2) is 9.97 Å². The second kappa shape index (κ2) is 6.05. The molecule has 1 N–H and O–H groups in total. The molecule has 0 bridgehead atoms. The summed E-state index contributed by atoms with van der Waals surface area (Å²) in [6.07, 6.45) is 5.06. The minimum absolute atomic E-state index is 0.0234. The Morgan fingerprint density at radius 1 is 1.52 bits per heavy atom. The summed E-state index contributed by atoms with van der Waals surface area (Å²) in [6.45, 7) is 4.34. The summed E-state index contributed by atoms with van der Waals surface area (Å²) in [7, 11) is 0. The second-order valence-electron chi connectivity index (χ2n) is 4.81. The summed E-state index contributed by atoms with van der Waals surface area (Å²) < 4.78 is 0. The van der Waals surface area contributed by atoms with Crippen LogP contribution in [0, 0.1) is 0 Å². The van der Waals surface area contributed by atoms with E-state index >= 15 is 0 Å². The van der Waals surface area contributed by atoms with E-state index < -0.39 is 0 Å². The summed E-state index contributed by atoms with van der Waals surface area (Å²) in [4.78, 5) is 22.5. The van der Waals surface area contributed by atoms with Crippen LogP contribution in [0.4, 0.5) is 10.9 Å². The SMILES string of the molecule is C=CC(=O)N1CCC[C@@H]1c1csc(Nc2ccccn2)n1. The third-order valence-electron chi connectivity index (χ3n) is 3.47. The van der Waals surface area contributed by atoms with Gasteiger partial charge in [0.05, 0.1) is 11.7 Å². The quantitative estimate of drug-likeness (QED) is 0.881. The molecular weight excluding hydrogens is 284 g/mol. The molecule has 0 spiro atoms. The zero-order chi connectivity index (χ0) is 14.7. The second-order valence-corrected chi connectivity index (χ2v) is 5.67. The van der Waals surface area contributed by atoms with Crippen LogP contribution in [0.15, 0.2) is 42.4 Å². The molecule has 6 heteroatoms. The normalized spacial score (nSPS) is 17.7. The lowest BCUT2D eigenvalue weighted by molar-refractivity contribution is -0.126. The Balaban J connectivity index is 1.75. The van der Waals surface area contributed by atoms with Gasteiger partial charge in [-0.15, -0.1) is 11.3 Å². The molecule has 0 aromatic carbocycles. The highest BCUT2D eigenvalue weighted by atomic mass is 32.1. The lowest BCUT2D eigenvalue weighted by atomic mass is 10.2. The molecule has 1 atom stereocenters. The van der Waals surface area contributed by atoms with Gasteiger partial charge in [0.2, 0.25) is 5.91 Å². The molecule has 2 aromatic heterocycles. The van der Waals surface area contributed by atoms with Gasteiger partial charge >= 0.3 is 0 Å². The number of aromatic nitrogens is 2. The van der Waals surface area contributed by atoms with Gasteiger partial charge in [0.15, 0.2) is 5.13 Å². The lowest BCUT2D eigenvalue weighted by Gasteiger charge is -2.21. The topological polar surface area (TPSA) is 58.1 Å². The van der Waals surface area contributed by atoms with Crippen molar-refractivity contribution in [2.45, 2.75) is 18.9 Å². The van der Waals surface area contributed by atoms with E-state index in [1.54, 1.807) is 6.20 Å². The predicted molar refractivity (Wildman–Crippen MR) is 83.5 cm³/mol. The average Bonchev–Trinajstić information content (AvgIpc) is 3.16. The van der Waals surface area contributed by atoms with E-state index in [1.807, 2.05) is 28.5 Å². The zero-order valence-electron chi connectivity index (χ0n) is 11.5.